The number of benzene rings is 2. The Kier molecular flexibility index (Phi) is 3.42. The van der Waals surface area contributed by atoms with Crippen LogP contribution >= 0.6 is 11.6 Å². The Hall–Kier alpha value is -2.93. The maximum atomic E-state index is 13.3. The smallest absolute Gasteiger partial charge is 0.278 e. The Bertz CT molecular complexity index is 957. The van der Waals surface area contributed by atoms with Crippen molar-refractivity contribution in [1.29, 1.82) is 0 Å². The lowest BCUT2D eigenvalue weighted by Crippen LogP contribution is -2.19. The molecule has 0 saturated heterocycles. The first-order valence-electron chi connectivity index (χ1n) is 7.06. The summed E-state index contributed by atoms with van der Waals surface area (Å²) in [5, 5.41) is 11.1. The Morgan fingerprint density at radius 2 is 2.17 bits per heavy atom. The topological polar surface area (TPSA) is 69.0 Å². The van der Waals surface area contributed by atoms with Gasteiger partial charge in [0.2, 0.25) is 0 Å². The minimum absolute atomic E-state index is 0.0712. The summed E-state index contributed by atoms with van der Waals surface area (Å²) in [6.45, 7) is 0.0712. The van der Waals surface area contributed by atoms with Gasteiger partial charge in [0.25, 0.3) is 5.91 Å². The summed E-state index contributed by atoms with van der Waals surface area (Å²) in [6.07, 6.45) is 0. The van der Waals surface area contributed by atoms with Gasteiger partial charge in [0.05, 0.1) is 0 Å². The molecule has 1 aliphatic rings. The van der Waals surface area contributed by atoms with Crippen molar-refractivity contribution >= 4 is 23.2 Å². The van der Waals surface area contributed by atoms with E-state index in [1.165, 1.54) is 22.9 Å². The molecule has 0 atom stereocenters. The Morgan fingerprint density at radius 1 is 1.29 bits per heavy atom. The number of carbonyl (C=O) groups excluding carboxylic acids is 1. The molecule has 0 unspecified atom stereocenters. The number of anilines is 1. The van der Waals surface area contributed by atoms with Crippen molar-refractivity contribution in [2.45, 2.75) is 6.61 Å². The van der Waals surface area contributed by atoms with Crippen molar-refractivity contribution in [2.75, 3.05) is 5.32 Å². The van der Waals surface area contributed by atoms with Crippen LogP contribution in [0.3, 0.4) is 0 Å². The van der Waals surface area contributed by atoms with Crippen LogP contribution in [-0.4, -0.2) is 20.9 Å². The summed E-state index contributed by atoms with van der Waals surface area (Å²) in [5.41, 5.74) is 1.72. The van der Waals surface area contributed by atoms with Crippen molar-refractivity contribution < 1.29 is 13.9 Å². The zero-order chi connectivity index (χ0) is 16.7. The first kappa shape index (κ1) is 14.6. The molecule has 6 nitrogen and oxygen atoms in total. The molecule has 1 aliphatic heterocycles. The quantitative estimate of drug-likeness (QED) is 0.775. The predicted octanol–water partition coefficient (Wildman–Crippen LogP) is 3.20. The summed E-state index contributed by atoms with van der Waals surface area (Å²) >= 11 is 5.90. The molecule has 24 heavy (non-hydrogen) atoms. The number of nitrogens with one attached hydrogen (secondary N) is 1. The number of fused-ring (bicyclic) bond motifs is 3. The second-order valence-corrected chi connectivity index (χ2v) is 5.60. The molecule has 4 rings (SSSR count). The van der Waals surface area contributed by atoms with Crippen LogP contribution in [0.4, 0.5) is 10.1 Å². The van der Waals surface area contributed by atoms with E-state index in [0.717, 1.165) is 0 Å². The van der Waals surface area contributed by atoms with Crippen LogP contribution < -0.4 is 10.1 Å². The van der Waals surface area contributed by atoms with Crippen LogP contribution in [0.2, 0.25) is 5.02 Å². The van der Waals surface area contributed by atoms with E-state index in [-0.39, 0.29) is 12.3 Å². The Morgan fingerprint density at radius 3 is 3.00 bits per heavy atom. The monoisotopic (exact) mass is 344 g/mol. The van der Waals surface area contributed by atoms with Gasteiger partial charge >= 0.3 is 0 Å². The van der Waals surface area contributed by atoms with Crippen molar-refractivity contribution in [2.24, 2.45) is 0 Å². The van der Waals surface area contributed by atoms with Gasteiger partial charge in [-0.1, -0.05) is 22.9 Å². The third-order valence-corrected chi connectivity index (χ3v) is 3.81. The highest BCUT2D eigenvalue weighted by Gasteiger charge is 2.26. The van der Waals surface area contributed by atoms with Gasteiger partial charge in [-0.05, 0) is 30.3 Å². The van der Waals surface area contributed by atoms with Gasteiger partial charge in [-0.3, -0.25) is 4.79 Å². The molecule has 3 aromatic rings. The molecule has 1 amide bonds. The SMILES string of the molecule is O=C(Nc1cccc(Cl)c1)c1nnn2c1COc1cc(F)ccc1-2. The lowest BCUT2D eigenvalue weighted by Gasteiger charge is -2.18. The summed E-state index contributed by atoms with van der Waals surface area (Å²) in [7, 11) is 0. The molecule has 0 aliphatic carbocycles. The molecule has 8 heteroatoms. The second-order valence-electron chi connectivity index (χ2n) is 5.16. The van der Waals surface area contributed by atoms with Crippen LogP contribution in [0.5, 0.6) is 5.75 Å². The van der Waals surface area contributed by atoms with E-state index in [2.05, 4.69) is 15.6 Å². The van der Waals surface area contributed by atoms with Gasteiger partial charge in [-0.2, -0.15) is 0 Å². The number of hydrogen-bond acceptors (Lipinski definition) is 4. The van der Waals surface area contributed by atoms with Crippen LogP contribution in [0.1, 0.15) is 16.2 Å². The minimum Gasteiger partial charge on any atom is -0.485 e. The number of aromatic nitrogens is 3. The molecule has 0 spiro atoms. The zero-order valence-corrected chi connectivity index (χ0v) is 12.9. The van der Waals surface area contributed by atoms with Crippen molar-refractivity contribution in [3.63, 3.8) is 0 Å². The van der Waals surface area contributed by atoms with Crippen LogP contribution in [0, 0.1) is 5.82 Å². The molecule has 2 heterocycles. The molecular weight excluding hydrogens is 335 g/mol. The molecule has 0 radical (unpaired) electrons. The lowest BCUT2D eigenvalue weighted by atomic mass is 10.2. The minimum atomic E-state index is -0.423. The molecule has 1 N–H and O–H groups in total. The molecule has 120 valence electrons. The number of amides is 1. The standard InChI is InChI=1S/C16H10ClFN4O2/c17-9-2-1-3-11(6-9)19-16(23)15-13-8-24-14-7-10(18)4-5-12(14)22(13)21-20-15/h1-7H,8H2,(H,19,23). The first-order valence-corrected chi connectivity index (χ1v) is 7.44. The van der Waals surface area contributed by atoms with Crippen molar-refractivity contribution in [3.05, 3.63) is 64.7 Å². The van der Waals surface area contributed by atoms with E-state index in [0.29, 0.717) is 27.8 Å². The number of carbonyl (C=O) groups is 1. The van der Waals surface area contributed by atoms with E-state index in [4.69, 9.17) is 16.3 Å². The van der Waals surface area contributed by atoms with Crippen LogP contribution in [0.25, 0.3) is 5.69 Å². The first-order chi connectivity index (χ1) is 11.6. The van der Waals surface area contributed by atoms with E-state index in [1.807, 2.05) is 0 Å². The molecule has 2 aromatic carbocycles. The molecule has 0 saturated carbocycles. The van der Waals surface area contributed by atoms with Gasteiger partial charge < -0.3 is 10.1 Å². The summed E-state index contributed by atoms with van der Waals surface area (Å²) < 4.78 is 20.3. The van der Waals surface area contributed by atoms with E-state index in [9.17, 15) is 9.18 Å². The third kappa shape index (κ3) is 2.48. The van der Waals surface area contributed by atoms with Gasteiger partial charge in [0, 0.05) is 16.8 Å². The Balaban J connectivity index is 1.67. The maximum Gasteiger partial charge on any atom is 0.278 e. The van der Waals surface area contributed by atoms with Crippen molar-refractivity contribution in [1.82, 2.24) is 15.0 Å². The molecular formula is C16H10ClFN4O2. The van der Waals surface area contributed by atoms with Crippen LogP contribution in [0.15, 0.2) is 42.5 Å². The fourth-order valence-electron chi connectivity index (χ4n) is 2.48. The highest BCUT2D eigenvalue weighted by atomic mass is 35.5. The highest BCUT2D eigenvalue weighted by Crippen LogP contribution is 2.30. The third-order valence-electron chi connectivity index (χ3n) is 3.58. The summed E-state index contributed by atoms with van der Waals surface area (Å²) in [4.78, 5) is 12.4. The van der Waals surface area contributed by atoms with Gasteiger partial charge in [-0.25, -0.2) is 9.07 Å². The number of ether oxygens (including phenoxy) is 1. The van der Waals surface area contributed by atoms with Gasteiger partial charge in [-0.15, -0.1) is 5.10 Å². The summed E-state index contributed by atoms with van der Waals surface area (Å²) in [6, 6.07) is 10.9. The number of hydrogen-bond donors (Lipinski definition) is 1. The second kappa shape index (κ2) is 5.61. The molecule has 0 fully saturated rings. The predicted molar refractivity (Wildman–Crippen MR) is 85.1 cm³/mol. The fraction of sp³-hybridized carbons (Fsp3) is 0.0625. The van der Waals surface area contributed by atoms with Gasteiger partial charge in [0.1, 0.15) is 29.6 Å². The van der Waals surface area contributed by atoms with E-state index < -0.39 is 11.7 Å². The number of nitrogens with zero attached hydrogens (tertiary/aromatic N) is 3. The number of halogens is 2. The Labute approximate surface area is 140 Å². The highest BCUT2D eigenvalue weighted by molar-refractivity contribution is 6.30. The molecule has 0 bridgehead atoms. The largest absolute Gasteiger partial charge is 0.485 e. The number of rotatable bonds is 2. The average molecular weight is 345 g/mol. The molecule has 1 aromatic heterocycles. The van der Waals surface area contributed by atoms with Crippen molar-refractivity contribution in [3.8, 4) is 11.4 Å². The zero-order valence-electron chi connectivity index (χ0n) is 12.2. The van der Waals surface area contributed by atoms with E-state index in [1.54, 1.807) is 24.3 Å². The van der Waals surface area contributed by atoms with Gasteiger partial charge in [0.15, 0.2) is 5.69 Å². The van der Waals surface area contributed by atoms with Crippen LogP contribution in [-0.2, 0) is 6.61 Å². The normalized spacial score (nSPS) is 12.1. The average Bonchev–Trinajstić information content (AvgIpc) is 2.99. The fourth-order valence-corrected chi connectivity index (χ4v) is 2.67. The maximum absolute atomic E-state index is 13.3. The summed E-state index contributed by atoms with van der Waals surface area (Å²) in [5.74, 6) is -0.474. The lowest BCUT2D eigenvalue weighted by molar-refractivity contribution is 0.101. The van der Waals surface area contributed by atoms with E-state index >= 15 is 0 Å².